The van der Waals surface area contributed by atoms with Gasteiger partial charge in [0.05, 0.1) is 12.3 Å². The van der Waals surface area contributed by atoms with Crippen LogP contribution >= 0.6 is 0 Å². The van der Waals surface area contributed by atoms with Crippen LogP contribution in [0.5, 0.6) is 0 Å². The van der Waals surface area contributed by atoms with Crippen LogP contribution in [0.4, 0.5) is 0 Å². The molecule has 1 aliphatic rings. The maximum Gasteiger partial charge on any atom is 0.259 e. The lowest BCUT2D eigenvalue weighted by atomic mass is 9.93. The van der Waals surface area contributed by atoms with Crippen molar-refractivity contribution >= 4 is 22.8 Å². The molecular weight excluding hydrogens is 440 g/mol. The summed E-state index contributed by atoms with van der Waals surface area (Å²) < 4.78 is 5.58. The van der Waals surface area contributed by atoms with Crippen LogP contribution in [0.1, 0.15) is 33.9 Å². The summed E-state index contributed by atoms with van der Waals surface area (Å²) in [7, 11) is 1.65. The zero-order chi connectivity index (χ0) is 24.2. The molecule has 2 aromatic carbocycles. The van der Waals surface area contributed by atoms with Gasteiger partial charge in [0.2, 0.25) is 5.91 Å². The van der Waals surface area contributed by atoms with Crippen LogP contribution in [0.15, 0.2) is 89.8 Å². The molecule has 0 saturated carbocycles. The molecule has 7 nitrogen and oxygen atoms in total. The predicted molar refractivity (Wildman–Crippen MR) is 134 cm³/mol. The molecule has 0 radical (unpaired) electrons. The van der Waals surface area contributed by atoms with Gasteiger partial charge < -0.3 is 14.6 Å². The van der Waals surface area contributed by atoms with Gasteiger partial charge in [0.25, 0.3) is 5.91 Å². The second kappa shape index (κ2) is 10.1. The summed E-state index contributed by atoms with van der Waals surface area (Å²) in [5, 5.41) is 3.55. The first-order chi connectivity index (χ1) is 17.2. The van der Waals surface area contributed by atoms with E-state index in [-0.39, 0.29) is 23.9 Å². The number of benzene rings is 2. The Morgan fingerprint density at radius 2 is 1.69 bits per heavy atom. The molecule has 1 N–H and O–H groups in total. The van der Waals surface area contributed by atoms with Gasteiger partial charge in [-0.05, 0) is 17.2 Å². The summed E-state index contributed by atoms with van der Waals surface area (Å²) in [5.74, 6) is -0.181. The first-order valence-electron chi connectivity index (χ1n) is 11.8. The van der Waals surface area contributed by atoms with Gasteiger partial charge in [-0.25, -0.2) is 0 Å². The van der Waals surface area contributed by atoms with Gasteiger partial charge in [-0.2, -0.15) is 0 Å². The number of piperazine rings is 1. The highest BCUT2D eigenvalue weighted by atomic mass is 16.3. The van der Waals surface area contributed by atoms with E-state index in [1.54, 1.807) is 31.8 Å². The SMILES string of the molecule is CNC(=O)CC1CN(C(=O)c2cncc3ccoc23)CCN1C(c1ccccc1)c1ccccc1. The summed E-state index contributed by atoms with van der Waals surface area (Å²) >= 11 is 0. The number of pyridine rings is 1. The zero-order valence-electron chi connectivity index (χ0n) is 19.6. The van der Waals surface area contributed by atoms with Gasteiger partial charge in [-0.1, -0.05) is 60.7 Å². The molecule has 2 amide bonds. The molecule has 1 atom stereocenters. The molecule has 1 fully saturated rings. The number of furan rings is 1. The third-order valence-electron chi connectivity index (χ3n) is 6.67. The van der Waals surface area contributed by atoms with Crippen LogP contribution in [0, 0.1) is 0 Å². The standard InChI is InChI=1S/C28H28N4O3/c1-29-25(33)16-23-19-31(28(34)24-18-30-17-22-12-15-35-27(22)24)13-14-32(23)26(20-8-4-2-5-9-20)21-10-6-3-7-11-21/h2-12,15,17-18,23,26H,13-14,16,19H2,1H3,(H,29,33). The van der Waals surface area contributed by atoms with Gasteiger partial charge in [-0.3, -0.25) is 19.5 Å². The van der Waals surface area contributed by atoms with Crippen molar-refractivity contribution < 1.29 is 14.0 Å². The number of hydrogen-bond donors (Lipinski definition) is 1. The third kappa shape index (κ3) is 4.68. The second-order valence-corrected chi connectivity index (χ2v) is 8.77. The molecule has 0 spiro atoms. The Labute approximate surface area is 204 Å². The van der Waals surface area contributed by atoms with Crippen LogP contribution in [0.2, 0.25) is 0 Å². The molecule has 0 bridgehead atoms. The first-order valence-corrected chi connectivity index (χ1v) is 11.8. The van der Waals surface area contributed by atoms with Gasteiger partial charge in [0, 0.05) is 56.9 Å². The largest absolute Gasteiger partial charge is 0.463 e. The maximum atomic E-state index is 13.5. The van der Waals surface area contributed by atoms with Crippen molar-refractivity contribution in [1.29, 1.82) is 0 Å². The molecule has 1 unspecified atom stereocenters. The van der Waals surface area contributed by atoms with Crippen LogP contribution in [-0.4, -0.2) is 59.3 Å². The Morgan fingerprint density at radius 3 is 2.34 bits per heavy atom. The van der Waals surface area contributed by atoms with Gasteiger partial charge in [-0.15, -0.1) is 0 Å². The minimum Gasteiger partial charge on any atom is -0.463 e. The molecule has 7 heteroatoms. The van der Waals surface area contributed by atoms with Crippen molar-refractivity contribution in [1.82, 2.24) is 20.1 Å². The Kier molecular flexibility index (Phi) is 6.59. The fraction of sp³-hybridized carbons (Fsp3) is 0.250. The molecule has 1 saturated heterocycles. The number of nitrogens with zero attached hydrogens (tertiary/aromatic N) is 3. The number of nitrogens with one attached hydrogen (secondary N) is 1. The lowest BCUT2D eigenvalue weighted by Gasteiger charge is -2.45. The van der Waals surface area contributed by atoms with Crippen molar-refractivity contribution in [3.8, 4) is 0 Å². The van der Waals surface area contributed by atoms with Crippen LogP contribution in [-0.2, 0) is 4.79 Å². The lowest BCUT2D eigenvalue weighted by molar-refractivity contribution is -0.122. The first kappa shape index (κ1) is 22.8. The average molecular weight is 469 g/mol. The smallest absolute Gasteiger partial charge is 0.259 e. The Hall–Kier alpha value is -3.97. The molecular formula is C28H28N4O3. The van der Waals surface area contributed by atoms with E-state index in [0.717, 1.165) is 16.5 Å². The van der Waals surface area contributed by atoms with Crippen LogP contribution < -0.4 is 5.32 Å². The van der Waals surface area contributed by atoms with Gasteiger partial charge in [0.1, 0.15) is 11.1 Å². The number of rotatable bonds is 6. The molecule has 178 valence electrons. The zero-order valence-corrected chi connectivity index (χ0v) is 19.6. The maximum absolute atomic E-state index is 13.5. The fourth-order valence-corrected chi connectivity index (χ4v) is 4.95. The van der Waals surface area contributed by atoms with Crippen molar-refractivity contribution in [2.75, 3.05) is 26.7 Å². The van der Waals surface area contributed by atoms with Crippen molar-refractivity contribution in [2.45, 2.75) is 18.5 Å². The Bertz CT molecular complexity index is 1270. The normalized spacial score (nSPS) is 16.5. The van der Waals surface area contributed by atoms with E-state index in [2.05, 4.69) is 39.5 Å². The van der Waals surface area contributed by atoms with Crippen molar-refractivity contribution in [3.63, 3.8) is 0 Å². The predicted octanol–water partition coefficient (Wildman–Crippen LogP) is 3.88. The van der Waals surface area contributed by atoms with Gasteiger partial charge in [0.15, 0.2) is 0 Å². The van der Waals surface area contributed by atoms with E-state index in [1.165, 1.54) is 0 Å². The summed E-state index contributed by atoms with van der Waals surface area (Å²) in [5.41, 5.74) is 3.30. The molecule has 1 aliphatic heterocycles. The van der Waals surface area contributed by atoms with E-state index >= 15 is 0 Å². The summed E-state index contributed by atoms with van der Waals surface area (Å²) in [6, 6.07) is 22.3. The summed E-state index contributed by atoms with van der Waals surface area (Å²) in [6.45, 7) is 1.60. The van der Waals surface area contributed by atoms with E-state index < -0.39 is 0 Å². The second-order valence-electron chi connectivity index (χ2n) is 8.77. The number of fused-ring (bicyclic) bond motifs is 1. The van der Waals surface area contributed by atoms with E-state index in [9.17, 15) is 9.59 Å². The molecule has 35 heavy (non-hydrogen) atoms. The molecule has 3 heterocycles. The molecule has 4 aromatic rings. The van der Waals surface area contributed by atoms with E-state index in [1.807, 2.05) is 41.3 Å². The summed E-state index contributed by atoms with van der Waals surface area (Å²) in [6.07, 6.45) is 5.11. The Balaban J connectivity index is 1.48. The van der Waals surface area contributed by atoms with Crippen LogP contribution in [0.25, 0.3) is 11.0 Å². The highest BCUT2D eigenvalue weighted by molar-refractivity contribution is 6.04. The number of carbonyl (C=O) groups is 2. The number of aromatic nitrogens is 1. The number of amides is 2. The summed E-state index contributed by atoms with van der Waals surface area (Å²) in [4.78, 5) is 34.5. The lowest BCUT2D eigenvalue weighted by Crippen LogP contribution is -2.56. The minimum absolute atomic E-state index is 0.0283. The van der Waals surface area contributed by atoms with Crippen molar-refractivity contribution in [3.05, 3.63) is 102 Å². The molecule has 5 rings (SSSR count). The topological polar surface area (TPSA) is 78.7 Å². The minimum atomic E-state index is -0.165. The monoisotopic (exact) mass is 468 g/mol. The number of hydrogen-bond acceptors (Lipinski definition) is 5. The number of carbonyl (C=O) groups excluding carboxylic acids is 2. The quantitative estimate of drug-likeness (QED) is 0.465. The fourth-order valence-electron chi connectivity index (χ4n) is 4.95. The Morgan fingerprint density at radius 1 is 1.00 bits per heavy atom. The van der Waals surface area contributed by atoms with E-state index in [0.29, 0.717) is 37.2 Å². The van der Waals surface area contributed by atoms with E-state index in [4.69, 9.17) is 4.42 Å². The average Bonchev–Trinajstić information content (AvgIpc) is 3.40. The molecule has 2 aromatic heterocycles. The van der Waals surface area contributed by atoms with Crippen LogP contribution in [0.3, 0.4) is 0 Å². The highest BCUT2D eigenvalue weighted by Crippen LogP contribution is 2.33. The third-order valence-corrected chi connectivity index (χ3v) is 6.67. The molecule has 0 aliphatic carbocycles. The van der Waals surface area contributed by atoms with Gasteiger partial charge >= 0.3 is 0 Å². The highest BCUT2D eigenvalue weighted by Gasteiger charge is 2.37. The van der Waals surface area contributed by atoms with Crippen molar-refractivity contribution in [2.24, 2.45) is 0 Å².